The lowest BCUT2D eigenvalue weighted by molar-refractivity contribution is 0.0281. The maximum atomic E-state index is 12.5. The molecule has 0 radical (unpaired) electrons. The van der Waals surface area contributed by atoms with Gasteiger partial charge in [-0.2, -0.15) is 0 Å². The van der Waals surface area contributed by atoms with Gasteiger partial charge in [-0.3, -0.25) is 0 Å². The van der Waals surface area contributed by atoms with Crippen LogP contribution in [0.2, 0.25) is 0 Å². The van der Waals surface area contributed by atoms with E-state index < -0.39 is 5.60 Å². The van der Waals surface area contributed by atoms with E-state index in [1.807, 2.05) is 31.7 Å². The van der Waals surface area contributed by atoms with Crippen molar-refractivity contribution >= 4 is 6.09 Å². The molecule has 1 N–H and O–H groups in total. The highest BCUT2D eigenvalue weighted by Gasteiger charge is 2.50. The lowest BCUT2D eigenvalue weighted by Gasteiger charge is -2.30. The highest BCUT2D eigenvalue weighted by Crippen LogP contribution is 2.41. The molecule has 1 aromatic carbocycles. The number of nitrogens with zero attached hydrogens (tertiary/aromatic N) is 1. The smallest absolute Gasteiger partial charge is 0.410 e. The maximum absolute atomic E-state index is 12.5. The van der Waals surface area contributed by atoms with Crippen molar-refractivity contribution in [3.63, 3.8) is 0 Å². The Kier molecular flexibility index (Phi) is 3.89. The van der Waals surface area contributed by atoms with Crippen molar-refractivity contribution in [3.05, 3.63) is 35.9 Å². The molecule has 120 valence electrons. The van der Waals surface area contributed by atoms with Crippen molar-refractivity contribution in [2.75, 3.05) is 19.6 Å². The highest BCUT2D eigenvalue weighted by atomic mass is 16.6. The summed E-state index contributed by atoms with van der Waals surface area (Å²) in [7, 11) is 0. The Morgan fingerprint density at radius 1 is 1.32 bits per heavy atom. The zero-order valence-electron chi connectivity index (χ0n) is 13.8. The van der Waals surface area contributed by atoms with Crippen LogP contribution in [0.3, 0.4) is 0 Å². The first kappa shape index (κ1) is 15.3. The van der Waals surface area contributed by atoms with Crippen LogP contribution in [0.25, 0.3) is 0 Å². The Balaban J connectivity index is 1.82. The highest BCUT2D eigenvalue weighted by molar-refractivity contribution is 5.69. The molecule has 1 spiro atoms. The van der Waals surface area contributed by atoms with Crippen molar-refractivity contribution in [1.82, 2.24) is 10.2 Å². The number of rotatable bonds is 1. The van der Waals surface area contributed by atoms with Gasteiger partial charge < -0.3 is 15.0 Å². The van der Waals surface area contributed by atoms with E-state index in [0.29, 0.717) is 5.92 Å². The zero-order chi connectivity index (χ0) is 15.8. The van der Waals surface area contributed by atoms with E-state index in [1.54, 1.807) is 0 Å². The van der Waals surface area contributed by atoms with Crippen LogP contribution in [0.15, 0.2) is 30.3 Å². The quantitative estimate of drug-likeness (QED) is 0.866. The number of ether oxygens (including phenoxy) is 1. The molecule has 0 saturated carbocycles. The fourth-order valence-electron chi connectivity index (χ4n) is 3.75. The van der Waals surface area contributed by atoms with Gasteiger partial charge >= 0.3 is 6.09 Å². The molecule has 0 aliphatic carbocycles. The van der Waals surface area contributed by atoms with E-state index in [1.165, 1.54) is 12.0 Å². The Morgan fingerprint density at radius 3 is 2.64 bits per heavy atom. The summed E-state index contributed by atoms with van der Waals surface area (Å²) in [6.45, 7) is 8.25. The molecule has 2 aliphatic heterocycles. The topological polar surface area (TPSA) is 41.6 Å². The molecule has 22 heavy (non-hydrogen) atoms. The van der Waals surface area contributed by atoms with Crippen LogP contribution >= 0.6 is 0 Å². The van der Waals surface area contributed by atoms with Crippen molar-refractivity contribution in [1.29, 1.82) is 0 Å². The molecular formula is C18H26N2O2. The van der Waals surface area contributed by atoms with Gasteiger partial charge in [-0.25, -0.2) is 4.79 Å². The zero-order valence-corrected chi connectivity index (χ0v) is 13.8. The molecule has 2 heterocycles. The molecule has 4 heteroatoms. The second-order valence-corrected chi connectivity index (χ2v) is 7.51. The van der Waals surface area contributed by atoms with Gasteiger partial charge in [0, 0.05) is 24.5 Å². The monoisotopic (exact) mass is 302 g/mol. The summed E-state index contributed by atoms with van der Waals surface area (Å²) in [5, 5.41) is 3.68. The summed E-state index contributed by atoms with van der Waals surface area (Å²) in [4.78, 5) is 14.3. The number of likely N-dealkylation sites (tertiary alicyclic amines) is 1. The minimum absolute atomic E-state index is 0.0122. The van der Waals surface area contributed by atoms with E-state index in [0.717, 1.165) is 26.1 Å². The van der Waals surface area contributed by atoms with E-state index >= 15 is 0 Å². The number of benzene rings is 1. The maximum Gasteiger partial charge on any atom is 0.410 e. The van der Waals surface area contributed by atoms with E-state index in [4.69, 9.17) is 4.74 Å². The Morgan fingerprint density at radius 2 is 2.05 bits per heavy atom. The van der Waals surface area contributed by atoms with Crippen LogP contribution in [0.1, 0.15) is 45.1 Å². The second kappa shape index (κ2) is 5.58. The number of hydrogen-bond acceptors (Lipinski definition) is 3. The van der Waals surface area contributed by atoms with Crippen LogP contribution in [-0.2, 0) is 4.74 Å². The van der Waals surface area contributed by atoms with E-state index in [-0.39, 0.29) is 11.6 Å². The molecule has 4 nitrogen and oxygen atoms in total. The number of carbonyl (C=O) groups is 1. The number of nitrogens with one attached hydrogen (secondary N) is 1. The molecule has 2 fully saturated rings. The summed E-state index contributed by atoms with van der Waals surface area (Å²) in [5.74, 6) is 0.337. The average molecular weight is 302 g/mol. The van der Waals surface area contributed by atoms with Crippen LogP contribution in [0.4, 0.5) is 4.79 Å². The Bertz CT molecular complexity index is 530. The molecular weight excluding hydrogens is 276 g/mol. The van der Waals surface area contributed by atoms with Crippen molar-refractivity contribution in [2.24, 2.45) is 0 Å². The molecule has 0 unspecified atom stereocenters. The summed E-state index contributed by atoms with van der Waals surface area (Å²) in [6, 6.07) is 10.5. The standard InChI is InChI=1S/C18H26N2O2/c1-17(2,3)22-16(21)20-12-15(14-8-5-4-6-9-14)18(13-20)10-7-11-19-18/h4-6,8-9,15,19H,7,10-13H2,1-3H3/t15-,18-/m0/s1. The molecule has 1 aromatic rings. The summed E-state index contributed by atoms with van der Waals surface area (Å²) in [5.41, 5.74) is 0.874. The first-order chi connectivity index (χ1) is 10.4. The minimum atomic E-state index is -0.446. The molecule has 1 amide bonds. The SMILES string of the molecule is CC(C)(C)OC(=O)N1C[C@@H](c2ccccc2)[C@]2(CCCN2)C1. The van der Waals surface area contributed by atoms with Crippen LogP contribution in [0.5, 0.6) is 0 Å². The van der Waals surface area contributed by atoms with E-state index in [9.17, 15) is 4.79 Å². The molecule has 2 saturated heterocycles. The number of amides is 1. The summed E-state index contributed by atoms with van der Waals surface area (Å²) in [6.07, 6.45) is 2.09. The van der Waals surface area contributed by atoms with Crippen molar-refractivity contribution < 1.29 is 9.53 Å². The van der Waals surface area contributed by atoms with Gasteiger partial charge in [0.2, 0.25) is 0 Å². The lowest BCUT2D eigenvalue weighted by atomic mass is 9.81. The molecule has 0 bridgehead atoms. The van der Waals surface area contributed by atoms with Gasteiger partial charge in [0.25, 0.3) is 0 Å². The predicted molar refractivity (Wildman–Crippen MR) is 87.0 cm³/mol. The first-order valence-corrected chi connectivity index (χ1v) is 8.18. The van der Waals surface area contributed by atoms with Crippen LogP contribution < -0.4 is 5.32 Å². The van der Waals surface area contributed by atoms with Gasteiger partial charge in [0.15, 0.2) is 0 Å². The fraction of sp³-hybridized carbons (Fsp3) is 0.611. The van der Waals surface area contributed by atoms with Crippen molar-refractivity contribution in [3.8, 4) is 0 Å². The Labute approximate surface area is 132 Å². The molecule has 0 aromatic heterocycles. The first-order valence-electron chi connectivity index (χ1n) is 8.18. The average Bonchev–Trinajstić information content (AvgIpc) is 3.07. The third kappa shape index (κ3) is 2.98. The lowest BCUT2D eigenvalue weighted by Crippen LogP contribution is -2.47. The number of carbonyl (C=O) groups excluding carboxylic acids is 1. The number of hydrogen-bond donors (Lipinski definition) is 1. The molecule has 3 rings (SSSR count). The third-order valence-corrected chi connectivity index (χ3v) is 4.67. The van der Waals surface area contributed by atoms with Crippen molar-refractivity contribution in [2.45, 2.75) is 50.7 Å². The normalized spacial score (nSPS) is 28.3. The van der Waals surface area contributed by atoms with Gasteiger partial charge in [0.1, 0.15) is 5.60 Å². The summed E-state index contributed by atoms with van der Waals surface area (Å²) >= 11 is 0. The largest absolute Gasteiger partial charge is 0.444 e. The third-order valence-electron chi connectivity index (χ3n) is 4.67. The van der Waals surface area contributed by atoms with Gasteiger partial charge in [-0.05, 0) is 45.7 Å². The molecule has 2 aliphatic rings. The predicted octanol–water partition coefficient (Wildman–Crippen LogP) is 3.14. The molecule has 2 atom stereocenters. The minimum Gasteiger partial charge on any atom is -0.444 e. The Hall–Kier alpha value is -1.55. The van der Waals surface area contributed by atoms with Crippen LogP contribution in [0, 0.1) is 0 Å². The van der Waals surface area contributed by atoms with Crippen LogP contribution in [-0.4, -0.2) is 41.8 Å². The second-order valence-electron chi connectivity index (χ2n) is 7.51. The van der Waals surface area contributed by atoms with E-state index in [2.05, 4.69) is 29.6 Å². The van der Waals surface area contributed by atoms with Gasteiger partial charge in [0.05, 0.1) is 0 Å². The summed E-state index contributed by atoms with van der Waals surface area (Å²) < 4.78 is 5.57. The van der Waals surface area contributed by atoms with Gasteiger partial charge in [-0.15, -0.1) is 0 Å². The van der Waals surface area contributed by atoms with Gasteiger partial charge in [-0.1, -0.05) is 30.3 Å². The fourth-order valence-corrected chi connectivity index (χ4v) is 3.75.